The zero-order valence-corrected chi connectivity index (χ0v) is 13.2. The molecule has 0 aliphatic heterocycles. The number of hydrogen-bond acceptors (Lipinski definition) is 3. The molecule has 4 nitrogen and oxygen atoms in total. The Hall–Kier alpha value is -0.610. The number of nitrogens with one attached hydrogen (secondary N) is 1. The van der Waals surface area contributed by atoms with Crippen LogP contribution in [0.15, 0.2) is 0 Å². The molecule has 0 saturated heterocycles. The maximum Gasteiger partial charge on any atom is 0.239 e. The number of hydrogen-bond donors (Lipinski definition) is 1. The molecule has 1 atom stereocenters. The molecule has 0 aliphatic rings. The van der Waals surface area contributed by atoms with Crippen molar-refractivity contribution in [3.63, 3.8) is 0 Å². The minimum atomic E-state index is -0.0747. The number of amides is 1. The highest BCUT2D eigenvalue weighted by Gasteiger charge is 2.25. The SMILES string of the molecule is CC(C)NC(C(=O)N(C)CCCN(C)C)C(C)C. The molecule has 0 aromatic heterocycles. The van der Waals surface area contributed by atoms with E-state index >= 15 is 0 Å². The van der Waals surface area contributed by atoms with Gasteiger partial charge in [0.25, 0.3) is 0 Å². The molecule has 18 heavy (non-hydrogen) atoms. The third kappa shape index (κ3) is 6.97. The maximum atomic E-state index is 12.3. The Morgan fingerprint density at radius 3 is 2.00 bits per heavy atom. The van der Waals surface area contributed by atoms with Gasteiger partial charge in [-0.3, -0.25) is 4.79 Å². The molecular formula is C14H31N3O. The summed E-state index contributed by atoms with van der Waals surface area (Å²) in [7, 11) is 6.01. The van der Waals surface area contributed by atoms with Crippen molar-refractivity contribution in [1.82, 2.24) is 15.1 Å². The Labute approximate surface area is 113 Å². The Balaban J connectivity index is 4.29. The van der Waals surface area contributed by atoms with E-state index in [4.69, 9.17) is 0 Å². The number of carbonyl (C=O) groups is 1. The fourth-order valence-corrected chi connectivity index (χ4v) is 1.88. The van der Waals surface area contributed by atoms with Crippen LogP contribution >= 0.6 is 0 Å². The van der Waals surface area contributed by atoms with Crippen LogP contribution in [0.25, 0.3) is 0 Å². The third-order valence-electron chi connectivity index (χ3n) is 2.92. The molecule has 108 valence electrons. The molecule has 0 rings (SSSR count). The van der Waals surface area contributed by atoms with Gasteiger partial charge in [-0.1, -0.05) is 27.7 Å². The first kappa shape index (κ1) is 17.4. The molecule has 0 heterocycles. The first-order valence-corrected chi connectivity index (χ1v) is 6.91. The molecule has 1 amide bonds. The summed E-state index contributed by atoms with van der Waals surface area (Å²) in [6.45, 7) is 10.2. The van der Waals surface area contributed by atoms with Gasteiger partial charge < -0.3 is 15.1 Å². The quantitative estimate of drug-likeness (QED) is 0.714. The highest BCUT2D eigenvalue weighted by Crippen LogP contribution is 2.07. The molecule has 1 unspecified atom stereocenters. The number of rotatable bonds is 8. The summed E-state index contributed by atoms with van der Waals surface area (Å²) in [5, 5.41) is 3.36. The van der Waals surface area contributed by atoms with Gasteiger partial charge in [-0.25, -0.2) is 0 Å². The predicted molar refractivity (Wildman–Crippen MR) is 77.7 cm³/mol. The van der Waals surface area contributed by atoms with Crippen molar-refractivity contribution < 1.29 is 4.79 Å². The Morgan fingerprint density at radius 2 is 1.61 bits per heavy atom. The van der Waals surface area contributed by atoms with E-state index in [9.17, 15) is 4.79 Å². The van der Waals surface area contributed by atoms with E-state index in [1.807, 2.05) is 11.9 Å². The van der Waals surface area contributed by atoms with Gasteiger partial charge in [0.05, 0.1) is 6.04 Å². The summed E-state index contributed by atoms with van der Waals surface area (Å²) >= 11 is 0. The highest BCUT2D eigenvalue weighted by molar-refractivity contribution is 5.81. The topological polar surface area (TPSA) is 35.6 Å². The van der Waals surface area contributed by atoms with Crippen molar-refractivity contribution in [3.8, 4) is 0 Å². The molecule has 0 radical (unpaired) electrons. The van der Waals surface area contributed by atoms with Crippen LogP contribution < -0.4 is 5.32 Å². The normalized spacial score (nSPS) is 13.4. The Kier molecular flexibility index (Phi) is 8.20. The second-order valence-corrected chi connectivity index (χ2v) is 5.96. The lowest BCUT2D eigenvalue weighted by Gasteiger charge is -2.29. The number of nitrogens with zero attached hydrogens (tertiary/aromatic N) is 2. The van der Waals surface area contributed by atoms with E-state index in [2.05, 4.69) is 52.0 Å². The summed E-state index contributed by atoms with van der Waals surface area (Å²) in [6, 6.07) is 0.255. The van der Waals surface area contributed by atoms with E-state index in [0.29, 0.717) is 12.0 Å². The lowest BCUT2D eigenvalue weighted by atomic mass is 10.0. The van der Waals surface area contributed by atoms with E-state index < -0.39 is 0 Å². The van der Waals surface area contributed by atoms with Crippen LogP contribution in [0.3, 0.4) is 0 Å². The molecule has 0 aliphatic carbocycles. The average Bonchev–Trinajstić information content (AvgIpc) is 2.23. The second kappa shape index (κ2) is 8.48. The zero-order chi connectivity index (χ0) is 14.3. The van der Waals surface area contributed by atoms with Crippen molar-refractivity contribution in [2.24, 2.45) is 5.92 Å². The fraction of sp³-hybridized carbons (Fsp3) is 0.929. The summed E-state index contributed by atoms with van der Waals surface area (Å²) in [5.41, 5.74) is 0. The average molecular weight is 257 g/mol. The van der Waals surface area contributed by atoms with E-state index in [1.165, 1.54) is 0 Å². The van der Waals surface area contributed by atoms with Crippen LogP contribution in [0, 0.1) is 5.92 Å². The molecule has 0 aromatic carbocycles. The van der Waals surface area contributed by atoms with Crippen LogP contribution in [-0.4, -0.2) is 62.0 Å². The summed E-state index contributed by atoms with van der Waals surface area (Å²) < 4.78 is 0. The van der Waals surface area contributed by atoms with Crippen LogP contribution in [0.2, 0.25) is 0 Å². The standard InChI is InChI=1S/C14H31N3O/c1-11(2)13(15-12(3)4)14(18)17(7)10-8-9-16(5)6/h11-13,15H,8-10H2,1-7H3. The van der Waals surface area contributed by atoms with Gasteiger partial charge in [0.1, 0.15) is 0 Å². The van der Waals surface area contributed by atoms with Crippen LogP contribution in [0.4, 0.5) is 0 Å². The summed E-state index contributed by atoms with van der Waals surface area (Å²) in [5.74, 6) is 0.522. The van der Waals surface area contributed by atoms with Crippen molar-refractivity contribution >= 4 is 5.91 Å². The minimum Gasteiger partial charge on any atom is -0.344 e. The van der Waals surface area contributed by atoms with Gasteiger partial charge in [-0.05, 0) is 33.0 Å². The van der Waals surface area contributed by atoms with Gasteiger partial charge in [-0.2, -0.15) is 0 Å². The van der Waals surface area contributed by atoms with E-state index in [0.717, 1.165) is 19.5 Å². The Bertz CT molecular complexity index is 239. The molecule has 0 bridgehead atoms. The van der Waals surface area contributed by atoms with Gasteiger partial charge in [-0.15, -0.1) is 0 Å². The van der Waals surface area contributed by atoms with Gasteiger partial charge in [0, 0.05) is 19.6 Å². The smallest absolute Gasteiger partial charge is 0.239 e. The van der Waals surface area contributed by atoms with E-state index in [1.54, 1.807) is 0 Å². The lowest BCUT2D eigenvalue weighted by molar-refractivity contribution is -0.133. The van der Waals surface area contributed by atoms with Crippen LogP contribution in [0.5, 0.6) is 0 Å². The van der Waals surface area contributed by atoms with Crippen molar-refractivity contribution in [2.75, 3.05) is 34.2 Å². The largest absolute Gasteiger partial charge is 0.344 e. The lowest BCUT2D eigenvalue weighted by Crippen LogP contribution is -2.50. The first-order chi connectivity index (χ1) is 8.25. The summed E-state index contributed by atoms with van der Waals surface area (Å²) in [4.78, 5) is 16.3. The monoisotopic (exact) mass is 257 g/mol. The molecule has 0 saturated carbocycles. The van der Waals surface area contributed by atoms with Gasteiger partial charge in [0.2, 0.25) is 5.91 Å². The fourth-order valence-electron chi connectivity index (χ4n) is 1.88. The number of likely N-dealkylation sites (N-methyl/N-ethyl adjacent to an activating group) is 1. The second-order valence-electron chi connectivity index (χ2n) is 5.96. The highest BCUT2D eigenvalue weighted by atomic mass is 16.2. The minimum absolute atomic E-state index is 0.0747. The number of carbonyl (C=O) groups excluding carboxylic acids is 1. The first-order valence-electron chi connectivity index (χ1n) is 6.91. The third-order valence-corrected chi connectivity index (χ3v) is 2.92. The molecule has 1 N–H and O–H groups in total. The predicted octanol–water partition coefficient (Wildman–Crippen LogP) is 1.42. The molecule has 0 fully saturated rings. The van der Waals surface area contributed by atoms with Gasteiger partial charge >= 0.3 is 0 Å². The molecule has 0 aromatic rings. The zero-order valence-electron chi connectivity index (χ0n) is 13.2. The maximum absolute atomic E-state index is 12.3. The van der Waals surface area contributed by atoms with Crippen LogP contribution in [0.1, 0.15) is 34.1 Å². The molecule has 4 heteroatoms. The molecular weight excluding hydrogens is 226 g/mol. The Morgan fingerprint density at radius 1 is 1.06 bits per heavy atom. The summed E-state index contributed by atoms with van der Waals surface area (Å²) in [6.07, 6.45) is 1.02. The van der Waals surface area contributed by atoms with Crippen LogP contribution in [-0.2, 0) is 4.79 Å². The molecule has 0 spiro atoms. The van der Waals surface area contributed by atoms with Crippen molar-refractivity contribution in [1.29, 1.82) is 0 Å². The van der Waals surface area contributed by atoms with Crippen molar-refractivity contribution in [2.45, 2.75) is 46.2 Å². The van der Waals surface area contributed by atoms with Crippen molar-refractivity contribution in [3.05, 3.63) is 0 Å². The van der Waals surface area contributed by atoms with E-state index in [-0.39, 0.29) is 11.9 Å². The van der Waals surface area contributed by atoms with Gasteiger partial charge in [0.15, 0.2) is 0 Å².